The molecule has 1 aromatic rings. The summed E-state index contributed by atoms with van der Waals surface area (Å²) in [7, 11) is 0. The maximum absolute atomic E-state index is 12.1. The van der Waals surface area contributed by atoms with E-state index >= 15 is 0 Å². The van der Waals surface area contributed by atoms with E-state index < -0.39 is 5.97 Å². The van der Waals surface area contributed by atoms with Gasteiger partial charge in [0.2, 0.25) is 0 Å². The van der Waals surface area contributed by atoms with Gasteiger partial charge in [0.15, 0.2) is 5.76 Å². The second kappa shape index (κ2) is 5.91. The maximum Gasteiger partial charge on any atom is 0.338 e. The molecule has 1 saturated heterocycles. The van der Waals surface area contributed by atoms with E-state index in [2.05, 4.69) is 6.92 Å². The molecule has 19 heavy (non-hydrogen) atoms. The minimum atomic E-state index is -1.08. The van der Waals surface area contributed by atoms with E-state index in [-0.39, 0.29) is 17.2 Å². The van der Waals surface area contributed by atoms with Crippen LogP contribution >= 0.6 is 0 Å². The zero-order chi connectivity index (χ0) is 13.8. The first-order valence-electron chi connectivity index (χ1n) is 6.73. The van der Waals surface area contributed by atoms with Gasteiger partial charge in [-0.05, 0) is 18.8 Å². The molecule has 1 fully saturated rings. The number of carbonyl (C=O) groups is 2. The lowest BCUT2D eigenvalue weighted by atomic mass is 9.92. The van der Waals surface area contributed by atoms with Crippen molar-refractivity contribution < 1.29 is 19.1 Å². The predicted octanol–water partition coefficient (Wildman–Crippen LogP) is 2.63. The number of piperidine rings is 1. The average Bonchev–Trinajstić information content (AvgIpc) is 2.89. The summed E-state index contributed by atoms with van der Waals surface area (Å²) >= 11 is 0. The van der Waals surface area contributed by atoms with Crippen molar-refractivity contribution in [1.82, 2.24) is 4.90 Å². The number of hydrogen-bond acceptors (Lipinski definition) is 3. The Kier molecular flexibility index (Phi) is 4.24. The third-order valence-electron chi connectivity index (χ3n) is 3.66. The fraction of sp³-hybridized carbons (Fsp3) is 0.571. The van der Waals surface area contributed by atoms with Gasteiger partial charge in [0.25, 0.3) is 5.91 Å². The molecular weight excluding hydrogens is 246 g/mol. The van der Waals surface area contributed by atoms with E-state index in [4.69, 9.17) is 9.52 Å². The summed E-state index contributed by atoms with van der Waals surface area (Å²) in [5.74, 6) is -0.460. The monoisotopic (exact) mass is 265 g/mol. The third-order valence-corrected chi connectivity index (χ3v) is 3.66. The van der Waals surface area contributed by atoms with Gasteiger partial charge in [-0.2, -0.15) is 0 Å². The Morgan fingerprint density at radius 1 is 1.42 bits per heavy atom. The highest BCUT2D eigenvalue weighted by Crippen LogP contribution is 2.23. The molecule has 1 amide bonds. The minimum Gasteiger partial charge on any atom is -0.478 e. The van der Waals surface area contributed by atoms with Crippen LogP contribution in [0, 0.1) is 5.92 Å². The number of carboxylic acid groups (broad SMARTS) is 1. The van der Waals surface area contributed by atoms with Crippen LogP contribution in [-0.4, -0.2) is 35.0 Å². The van der Waals surface area contributed by atoms with E-state index in [1.54, 1.807) is 4.90 Å². The van der Waals surface area contributed by atoms with Crippen molar-refractivity contribution in [3.63, 3.8) is 0 Å². The molecule has 0 aliphatic carbocycles. The summed E-state index contributed by atoms with van der Waals surface area (Å²) in [5, 5.41) is 8.80. The summed E-state index contributed by atoms with van der Waals surface area (Å²) in [6.45, 7) is 3.63. The Morgan fingerprint density at radius 3 is 2.63 bits per heavy atom. The number of furan rings is 1. The predicted molar refractivity (Wildman–Crippen MR) is 69.2 cm³/mol. The lowest BCUT2D eigenvalue weighted by molar-refractivity contribution is 0.0653. The Labute approximate surface area is 112 Å². The summed E-state index contributed by atoms with van der Waals surface area (Å²) < 4.78 is 5.04. The van der Waals surface area contributed by atoms with E-state index in [0.717, 1.165) is 32.2 Å². The van der Waals surface area contributed by atoms with Crippen molar-refractivity contribution in [2.75, 3.05) is 13.1 Å². The fourth-order valence-electron chi connectivity index (χ4n) is 2.55. The standard InChI is InChI=1S/C14H19NO4/c1-2-3-10-4-6-15(7-5-10)13(16)12-8-11(9-19-12)14(17)18/h8-10H,2-7H2,1H3,(H,17,18). The van der Waals surface area contributed by atoms with Crippen molar-refractivity contribution in [2.45, 2.75) is 32.6 Å². The van der Waals surface area contributed by atoms with E-state index in [1.165, 1.54) is 18.9 Å². The molecule has 0 spiro atoms. The number of carboxylic acids is 1. The van der Waals surface area contributed by atoms with Crippen LogP contribution < -0.4 is 0 Å². The summed E-state index contributed by atoms with van der Waals surface area (Å²) in [5.41, 5.74) is 0.0178. The number of nitrogens with zero attached hydrogens (tertiary/aromatic N) is 1. The summed E-state index contributed by atoms with van der Waals surface area (Å²) in [6, 6.07) is 1.29. The SMILES string of the molecule is CCCC1CCN(C(=O)c2cc(C(=O)O)co2)CC1. The van der Waals surface area contributed by atoms with Crippen LogP contribution in [0.1, 0.15) is 53.5 Å². The minimum absolute atomic E-state index is 0.0178. The number of hydrogen-bond donors (Lipinski definition) is 1. The molecule has 1 N–H and O–H groups in total. The van der Waals surface area contributed by atoms with E-state index in [0.29, 0.717) is 5.92 Å². The van der Waals surface area contributed by atoms with Crippen LogP contribution in [0.4, 0.5) is 0 Å². The molecule has 5 heteroatoms. The first-order valence-corrected chi connectivity index (χ1v) is 6.73. The van der Waals surface area contributed by atoms with Gasteiger partial charge in [0, 0.05) is 19.2 Å². The third kappa shape index (κ3) is 3.16. The van der Waals surface area contributed by atoms with Gasteiger partial charge in [-0.25, -0.2) is 4.79 Å². The molecule has 2 heterocycles. The van der Waals surface area contributed by atoms with Crippen LogP contribution in [0.3, 0.4) is 0 Å². The summed E-state index contributed by atoms with van der Waals surface area (Å²) in [6.07, 6.45) is 5.54. The highest BCUT2D eigenvalue weighted by Gasteiger charge is 2.25. The van der Waals surface area contributed by atoms with Gasteiger partial charge in [0.1, 0.15) is 6.26 Å². The number of carbonyl (C=O) groups excluding carboxylic acids is 1. The first-order chi connectivity index (χ1) is 9.11. The summed E-state index contributed by atoms with van der Waals surface area (Å²) in [4.78, 5) is 24.6. The normalized spacial score (nSPS) is 16.6. The molecule has 1 aliphatic heterocycles. The maximum atomic E-state index is 12.1. The van der Waals surface area contributed by atoms with Gasteiger partial charge in [-0.3, -0.25) is 4.79 Å². The van der Waals surface area contributed by atoms with Crippen LogP contribution in [0.5, 0.6) is 0 Å². The van der Waals surface area contributed by atoms with Crippen LogP contribution in [0.15, 0.2) is 16.7 Å². The number of amides is 1. The second-order valence-corrected chi connectivity index (χ2v) is 5.03. The van der Waals surface area contributed by atoms with Gasteiger partial charge in [-0.1, -0.05) is 19.8 Å². The Bertz CT molecular complexity index is 458. The largest absolute Gasteiger partial charge is 0.478 e. The van der Waals surface area contributed by atoms with Crippen LogP contribution in [-0.2, 0) is 0 Å². The molecule has 0 atom stereocenters. The molecule has 1 aromatic heterocycles. The van der Waals surface area contributed by atoms with Gasteiger partial charge in [0.05, 0.1) is 5.56 Å². The van der Waals surface area contributed by atoms with Crippen LogP contribution in [0.25, 0.3) is 0 Å². The molecule has 2 rings (SSSR count). The topological polar surface area (TPSA) is 70.8 Å². The quantitative estimate of drug-likeness (QED) is 0.908. The van der Waals surface area contributed by atoms with E-state index in [9.17, 15) is 9.59 Å². The molecule has 0 aromatic carbocycles. The molecule has 5 nitrogen and oxygen atoms in total. The highest BCUT2D eigenvalue weighted by atomic mass is 16.4. The van der Waals surface area contributed by atoms with Crippen molar-refractivity contribution in [3.8, 4) is 0 Å². The zero-order valence-electron chi connectivity index (χ0n) is 11.1. The van der Waals surface area contributed by atoms with Crippen molar-refractivity contribution in [3.05, 3.63) is 23.7 Å². The molecule has 0 unspecified atom stereocenters. The van der Waals surface area contributed by atoms with Gasteiger partial charge in [-0.15, -0.1) is 0 Å². The number of likely N-dealkylation sites (tertiary alicyclic amines) is 1. The molecule has 0 bridgehead atoms. The molecule has 0 radical (unpaired) electrons. The second-order valence-electron chi connectivity index (χ2n) is 5.03. The number of aromatic carboxylic acids is 1. The van der Waals surface area contributed by atoms with Gasteiger partial charge >= 0.3 is 5.97 Å². The van der Waals surface area contributed by atoms with Crippen molar-refractivity contribution in [2.24, 2.45) is 5.92 Å². The molecule has 0 saturated carbocycles. The molecular formula is C14H19NO4. The highest BCUT2D eigenvalue weighted by molar-refractivity contribution is 5.95. The van der Waals surface area contributed by atoms with Crippen LogP contribution in [0.2, 0.25) is 0 Å². The molecule has 104 valence electrons. The Morgan fingerprint density at radius 2 is 2.11 bits per heavy atom. The first kappa shape index (κ1) is 13.6. The molecule has 1 aliphatic rings. The fourth-order valence-corrected chi connectivity index (χ4v) is 2.55. The lowest BCUT2D eigenvalue weighted by Gasteiger charge is -2.31. The zero-order valence-corrected chi connectivity index (χ0v) is 11.1. The van der Waals surface area contributed by atoms with Gasteiger partial charge < -0.3 is 14.4 Å². The Hall–Kier alpha value is -1.78. The lowest BCUT2D eigenvalue weighted by Crippen LogP contribution is -2.38. The van der Waals surface area contributed by atoms with Crippen molar-refractivity contribution in [1.29, 1.82) is 0 Å². The average molecular weight is 265 g/mol. The smallest absolute Gasteiger partial charge is 0.338 e. The van der Waals surface area contributed by atoms with E-state index in [1.807, 2.05) is 0 Å². The Balaban J connectivity index is 1.95. The number of rotatable bonds is 4. The van der Waals surface area contributed by atoms with Crippen molar-refractivity contribution >= 4 is 11.9 Å².